The minimum absolute atomic E-state index is 0.0423. The number of anilines is 1. The lowest BCUT2D eigenvalue weighted by Crippen LogP contribution is -2.15. The molecule has 1 aromatic heterocycles. The first-order valence-electron chi connectivity index (χ1n) is 6.74. The summed E-state index contributed by atoms with van der Waals surface area (Å²) in [5, 5.41) is 11.4. The molecule has 0 aliphatic carbocycles. The van der Waals surface area contributed by atoms with Crippen LogP contribution in [0, 0.1) is 0 Å². The lowest BCUT2D eigenvalue weighted by molar-refractivity contribution is 0.0689. The van der Waals surface area contributed by atoms with E-state index >= 15 is 0 Å². The van der Waals surface area contributed by atoms with Gasteiger partial charge in [0.25, 0.3) is 5.91 Å². The standard InChI is InChI=1S/C16H17N3O3/c1-16(2,3)10-4-6-11(7-5-10)19-14(20)12-8-18-13(9-17-12)15(21)22/h4-9H,1-3H3,(H,19,20)(H,21,22). The summed E-state index contributed by atoms with van der Waals surface area (Å²) in [5.41, 5.74) is 1.70. The molecular weight excluding hydrogens is 282 g/mol. The number of carbonyl (C=O) groups excluding carboxylic acids is 1. The quantitative estimate of drug-likeness (QED) is 0.909. The third kappa shape index (κ3) is 3.66. The first-order valence-corrected chi connectivity index (χ1v) is 6.74. The van der Waals surface area contributed by atoms with E-state index in [0.717, 1.165) is 18.0 Å². The van der Waals surface area contributed by atoms with E-state index in [1.807, 2.05) is 24.3 Å². The molecule has 22 heavy (non-hydrogen) atoms. The maximum atomic E-state index is 12.0. The van der Waals surface area contributed by atoms with Gasteiger partial charge in [-0.05, 0) is 23.1 Å². The summed E-state index contributed by atoms with van der Waals surface area (Å²) in [4.78, 5) is 30.2. The normalized spacial score (nSPS) is 11.0. The van der Waals surface area contributed by atoms with Crippen molar-refractivity contribution in [2.75, 3.05) is 5.32 Å². The van der Waals surface area contributed by atoms with E-state index in [9.17, 15) is 9.59 Å². The molecule has 1 amide bonds. The van der Waals surface area contributed by atoms with Gasteiger partial charge in [-0.2, -0.15) is 0 Å². The van der Waals surface area contributed by atoms with Gasteiger partial charge in [0.2, 0.25) is 0 Å². The summed E-state index contributed by atoms with van der Waals surface area (Å²) in [5.74, 6) is -1.62. The van der Waals surface area contributed by atoms with E-state index in [-0.39, 0.29) is 16.8 Å². The number of nitrogens with zero attached hydrogens (tertiary/aromatic N) is 2. The van der Waals surface area contributed by atoms with Crippen molar-refractivity contribution in [2.45, 2.75) is 26.2 Å². The van der Waals surface area contributed by atoms with Crippen molar-refractivity contribution in [3.63, 3.8) is 0 Å². The van der Waals surface area contributed by atoms with Gasteiger partial charge in [-0.3, -0.25) is 4.79 Å². The Bertz CT molecular complexity index is 686. The number of hydrogen-bond acceptors (Lipinski definition) is 4. The zero-order chi connectivity index (χ0) is 16.3. The van der Waals surface area contributed by atoms with Crippen molar-refractivity contribution in [3.8, 4) is 0 Å². The van der Waals surface area contributed by atoms with Crippen molar-refractivity contribution < 1.29 is 14.7 Å². The van der Waals surface area contributed by atoms with Crippen LogP contribution in [0.5, 0.6) is 0 Å². The average molecular weight is 299 g/mol. The monoisotopic (exact) mass is 299 g/mol. The van der Waals surface area contributed by atoms with E-state index in [1.165, 1.54) is 0 Å². The van der Waals surface area contributed by atoms with Crippen LogP contribution in [0.4, 0.5) is 5.69 Å². The van der Waals surface area contributed by atoms with Gasteiger partial charge in [0.15, 0.2) is 5.69 Å². The summed E-state index contributed by atoms with van der Waals surface area (Å²) in [6.07, 6.45) is 2.20. The summed E-state index contributed by atoms with van der Waals surface area (Å²) in [6.45, 7) is 6.33. The molecule has 0 saturated carbocycles. The zero-order valence-corrected chi connectivity index (χ0v) is 12.6. The number of aromatic nitrogens is 2. The number of carbonyl (C=O) groups is 2. The molecule has 0 bridgehead atoms. The summed E-state index contributed by atoms with van der Waals surface area (Å²) in [6, 6.07) is 7.54. The van der Waals surface area contributed by atoms with Crippen molar-refractivity contribution in [1.82, 2.24) is 9.97 Å². The SMILES string of the molecule is CC(C)(C)c1ccc(NC(=O)c2cnc(C(=O)O)cn2)cc1. The first kappa shape index (κ1) is 15.6. The molecule has 0 unspecified atom stereocenters. The molecule has 6 heteroatoms. The van der Waals surface area contributed by atoms with Crippen molar-refractivity contribution >= 4 is 17.6 Å². The molecule has 0 fully saturated rings. The van der Waals surface area contributed by atoms with Crippen LogP contribution in [0.15, 0.2) is 36.7 Å². The Labute approximate surface area is 128 Å². The van der Waals surface area contributed by atoms with Gasteiger partial charge in [-0.1, -0.05) is 32.9 Å². The first-order chi connectivity index (χ1) is 10.3. The second-order valence-electron chi connectivity index (χ2n) is 5.87. The number of nitrogens with one attached hydrogen (secondary N) is 1. The highest BCUT2D eigenvalue weighted by molar-refractivity contribution is 6.02. The molecule has 0 atom stereocenters. The molecule has 114 valence electrons. The highest BCUT2D eigenvalue weighted by Gasteiger charge is 2.14. The Balaban J connectivity index is 2.10. The van der Waals surface area contributed by atoms with E-state index in [0.29, 0.717) is 5.69 Å². The highest BCUT2D eigenvalue weighted by atomic mass is 16.4. The van der Waals surface area contributed by atoms with Crippen LogP contribution in [-0.4, -0.2) is 27.0 Å². The molecular formula is C16H17N3O3. The predicted molar refractivity (Wildman–Crippen MR) is 82.1 cm³/mol. The van der Waals surface area contributed by atoms with Crippen molar-refractivity contribution in [1.29, 1.82) is 0 Å². The fraction of sp³-hybridized carbons (Fsp3) is 0.250. The number of carboxylic acid groups (broad SMARTS) is 1. The second kappa shape index (κ2) is 5.93. The highest BCUT2D eigenvalue weighted by Crippen LogP contribution is 2.23. The van der Waals surface area contributed by atoms with E-state index in [4.69, 9.17) is 5.11 Å². The Morgan fingerprint density at radius 3 is 2.00 bits per heavy atom. The van der Waals surface area contributed by atoms with Crippen LogP contribution in [0.1, 0.15) is 47.3 Å². The summed E-state index contributed by atoms with van der Waals surface area (Å²) in [7, 11) is 0. The molecule has 6 nitrogen and oxygen atoms in total. The Kier molecular flexibility index (Phi) is 4.21. The number of aromatic carboxylic acids is 1. The van der Waals surface area contributed by atoms with Gasteiger partial charge < -0.3 is 10.4 Å². The maximum absolute atomic E-state index is 12.0. The number of benzene rings is 1. The third-order valence-corrected chi connectivity index (χ3v) is 3.11. The molecule has 1 heterocycles. The molecule has 0 radical (unpaired) electrons. The minimum atomic E-state index is -1.18. The predicted octanol–water partition coefficient (Wildman–Crippen LogP) is 2.72. The second-order valence-corrected chi connectivity index (χ2v) is 5.87. The summed E-state index contributed by atoms with van der Waals surface area (Å²) < 4.78 is 0. The molecule has 0 spiro atoms. The van der Waals surface area contributed by atoms with Crippen molar-refractivity contribution in [3.05, 3.63) is 53.6 Å². The van der Waals surface area contributed by atoms with Crippen LogP contribution in [0.25, 0.3) is 0 Å². The minimum Gasteiger partial charge on any atom is -0.476 e. The van der Waals surface area contributed by atoms with Crippen LogP contribution < -0.4 is 5.32 Å². The van der Waals surface area contributed by atoms with E-state index in [2.05, 4.69) is 36.1 Å². The van der Waals surface area contributed by atoms with Crippen LogP contribution in [-0.2, 0) is 5.41 Å². The van der Waals surface area contributed by atoms with Crippen LogP contribution in [0.3, 0.4) is 0 Å². The van der Waals surface area contributed by atoms with Gasteiger partial charge in [0, 0.05) is 5.69 Å². The van der Waals surface area contributed by atoms with Gasteiger partial charge in [0.05, 0.1) is 12.4 Å². The molecule has 2 aromatic rings. The number of amides is 1. The Morgan fingerprint density at radius 2 is 1.55 bits per heavy atom. The number of carboxylic acids is 1. The number of hydrogen-bond donors (Lipinski definition) is 2. The molecule has 2 N–H and O–H groups in total. The van der Waals surface area contributed by atoms with Crippen LogP contribution in [0.2, 0.25) is 0 Å². The lowest BCUT2D eigenvalue weighted by atomic mass is 9.87. The van der Waals surface area contributed by atoms with Crippen molar-refractivity contribution in [2.24, 2.45) is 0 Å². The molecule has 2 rings (SSSR count). The summed E-state index contributed by atoms with van der Waals surface area (Å²) >= 11 is 0. The fourth-order valence-electron chi connectivity index (χ4n) is 1.80. The Morgan fingerprint density at radius 1 is 1.00 bits per heavy atom. The molecule has 1 aromatic carbocycles. The molecule has 0 aliphatic rings. The Hall–Kier alpha value is -2.76. The van der Waals surface area contributed by atoms with Gasteiger partial charge in [-0.15, -0.1) is 0 Å². The molecule has 0 aliphatic heterocycles. The zero-order valence-electron chi connectivity index (χ0n) is 12.6. The average Bonchev–Trinajstić information content (AvgIpc) is 2.47. The largest absolute Gasteiger partial charge is 0.476 e. The van der Waals surface area contributed by atoms with Gasteiger partial charge in [-0.25, -0.2) is 14.8 Å². The number of rotatable bonds is 3. The van der Waals surface area contributed by atoms with Gasteiger partial charge >= 0.3 is 5.97 Å². The topological polar surface area (TPSA) is 92.2 Å². The van der Waals surface area contributed by atoms with Crippen LogP contribution >= 0.6 is 0 Å². The maximum Gasteiger partial charge on any atom is 0.356 e. The smallest absolute Gasteiger partial charge is 0.356 e. The fourth-order valence-corrected chi connectivity index (χ4v) is 1.80. The van der Waals surface area contributed by atoms with E-state index in [1.54, 1.807) is 0 Å². The molecule has 0 saturated heterocycles. The third-order valence-electron chi connectivity index (χ3n) is 3.11. The van der Waals surface area contributed by atoms with Gasteiger partial charge in [0.1, 0.15) is 5.69 Å². The lowest BCUT2D eigenvalue weighted by Gasteiger charge is -2.19. The van der Waals surface area contributed by atoms with E-state index < -0.39 is 11.9 Å².